The maximum atomic E-state index is 13.2. The van der Waals surface area contributed by atoms with Crippen molar-refractivity contribution in [2.75, 3.05) is 5.73 Å². The Morgan fingerprint density at radius 2 is 1.65 bits per heavy atom. The lowest BCUT2D eigenvalue weighted by atomic mass is 10.0. The summed E-state index contributed by atoms with van der Waals surface area (Å²) in [7, 11) is 0. The van der Waals surface area contributed by atoms with Crippen LogP contribution in [0.4, 0.5) is 32.0 Å². The SMILES string of the molecule is Cc1ccc([C@H](F)C(F)(F)C(F)(F)F)cc1N. The quantitative estimate of drug-likeness (QED) is 0.633. The Morgan fingerprint density at radius 3 is 2.06 bits per heavy atom. The van der Waals surface area contributed by atoms with Gasteiger partial charge in [0, 0.05) is 5.69 Å². The molecule has 0 unspecified atom stereocenters. The number of aryl methyl sites for hydroxylation is 1. The number of hydrogen-bond acceptors (Lipinski definition) is 1. The molecule has 17 heavy (non-hydrogen) atoms. The molecule has 1 atom stereocenters. The Hall–Kier alpha value is -1.40. The third-order valence-corrected chi connectivity index (χ3v) is 2.29. The molecule has 0 radical (unpaired) electrons. The molecule has 0 aromatic heterocycles. The summed E-state index contributed by atoms with van der Waals surface area (Å²) in [6, 6.07) is 2.82. The fourth-order valence-electron chi connectivity index (χ4n) is 1.17. The van der Waals surface area contributed by atoms with E-state index in [1.807, 2.05) is 0 Å². The number of nitrogen functional groups attached to an aromatic ring is 1. The second kappa shape index (κ2) is 4.12. The lowest BCUT2D eigenvalue weighted by molar-refractivity contribution is -0.305. The van der Waals surface area contributed by atoms with Gasteiger partial charge in [-0.1, -0.05) is 12.1 Å². The minimum atomic E-state index is -5.94. The van der Waals surface area contributed by atoms with Gasteiger partial charge >= 0.3 is 12.1 Å². The molecule has 1 nitrogen and oxygen atoms in total. The molecule has 0 aliphatic heterocycles. The Bertz CT molecular complexity index is 412. The van der Waals surface area contributed by atoms with Crippen molar-refractivity contribution in [3.8, 4) is 0 Å². The molecule has 0 fully saturated rings. The second-order valence-corrected chi connectivity index (χ2v) is 3.60. The van der Waals surface area contributed by atoms with Crippen molar-refractivity contribution in [1.29, 1.82) is 0 Å². The molecular formula is C10H9F6N. The summed E-state index contributed by atoms with van der Waals surface area (Å²) in [6.07, 6.45) is -9.41. The topological polar surface area (TPSA) is 26.0 Å². The number of alkyl halides is 6. The predicted octanol–water partition coefficient (Wildman–Crippen LogP) is 3.79. The van der Waals surface area contributed by atoms with Crippen LogP contribution in [0.5, 0.6) is 0 Å². The van der Waals surface area contributed by atoms with Crippen LogP contribution in [0.1, 0.15) is 17.3 Å². The van der Waals surface area contributed by atoms with E-state index in [1.165, 1.54) is 13.0 Å². The number of hydrogen-bond donors (Lipinski definition) is 1. The average molecular weight is 257 g/mol. The molecule has 96 valence electrons. The summed E-state index contributed by atoms with van der Waals surface area (Å²) in [5.41, 5.74) is 4.95. The minimum absolute atomic E-state index is 0.0388. The van der Waals surface area contributed by atoms with Crippen LogP contribution in [0.2, 0.25) is 0 Å². The van der Waals surface area contributed by atoms with E-state index >= 15 is 0 Å². The van der Waals surface area contributed by atoms with Crippen LogP contribution in [0, 0.1) is 6.92 Å². The lowest BCUT2D eigenvalue weighted by Gasteiger charge is -2.23. The van der Waals surface area contributed by atoms with E-state index in [0.717, 1.165) is 12.1 Å². The summed E-state index contributed by atoms with van der Waals surface area (Å²) < 4.78 is 74.4. The van der Waals surface area contributed by atoms with Crippen molar-refractivity contribution < 1.29 is 26.3 Å². The normalized spacial score (nSPS) is 14.8. The zero-order chi connectivity index (χ0) is 13.4. The Kier molecular flexibility index (Phi) is 3.31. The van der Waals surface area contributed by atoms with Crippen molar-refractivity contribution in [3.63, 3.8) is 0 Å². The molecule has 0 amide bonds. The van der Waals surface area contributed by atoms with Gasteiger partial charge in [-0.2, -0.15) is 22.0 Å². The van der Waals surface area contributed by atoms with E-state index < -0.39 is 23.8 Å². The van der Waals surface area contributed by atoms with E-state index in [2.05, 4.69) is 0 Å². The van der Waals surface area contributed by atoms with Gasteiger partial charge < -0.3 is 5.73 Å². The van der Waals surface area contributed by atoms with Crippen LogP contribution in [0.15, 0.2) is 18.2 Å². The maximum absolute atomic E-state index is 13.2. The summed E-state index contributed by atoms with van der Waals surface area (Å²) >= 11 is 0. The van der Waals surface area contributed by atoms with Crippen LogP contribution in [-0.4, -0.2) is 12.1 Å². The molecule has 0 heterocycles. The molecule has 0 bridgehead atoms. The van der Waals surface area contributed by atoms with Gasteiger partial charge in [0.15, 0.2) is 6.17 Å². The maximum Gasteiger partial charge on any atom is 0.456 e. The fraction of sp³-hybridized carbons (Fsp3) is 0.400. The smallest absolute Gasteiger partial charge is 0.399 e. The molecule has 1 aromatic rings. The monoisotopic (exact) mass is 257 g/mol. The van der Waals surface area contributed by atoms with Gasteiger partial charge in [0.1, 0.15) is 0 Å². The lowest BCUT2D eigenvalue weighted by Crippen LogP contribution is -2.40. The highest BCUT2D eigenvalue weighted by Crippen LogP contribution is 2.46. The van der Waals surface area contributed by atoms with Gasteiger partial charge in [-0.25, -0.2) is 4.39 Å². The first kappa shape index (κ1) is 13.7. The molecular weight excluding hydrogens is 248 g/mol. The number of nitrogens with two attached hydrogens (primary N) is 1. The average Bonchev–Trinajstić information content (AvgIpc) is 2.19. The first-order valence-corrected chi connectivity index (χ1v) is 4.52. The first-order chi connectivity index (χ1) is 7.57. The molecule has 7 heteroatoms. The molecule has 0 aliphatic carbocycles. The summed E-state index contributed by atoms with van der Waals surface area (Å²) in [6.45, 7) is 1.52. The molecule has 1 rings (SSSR count). The zero-order valence-electron chi connectivity index (χ0n) is 8.65. The van der Waals surface area contributed by atoms with Crippen molar-refractivity contribution in [2.24, 2.45) is 0 Å². The number of benzene rings is 1. The van der Waals surface area contributed by atoms with E-state index in [0.29, 0.717) is 5.56 Å². The summed E-state index contributed by atoms with van der Waals surface area (Å²) in [4.78, 5) is 0. The van der Waals surface area contributed by atoms with Gasteiger partial charge in [0.05, 0.1) is 0 Å². The largest absolute Gasteiger partial charge is 0.456 e. The molecule has 0 spiro atoms. The number of halogens is 6. The van der Waals surface area contributed by atoms with Crippen molar-refractivity contribution in [3.05, 3.63) is 29.3 Å². The van der Waals surface area contributed by atoms with Gasteiger partial charge in [-0.3, -0.25) is 0 Å². The van der Waals surface area contributed by atoms with Gasteiger partial charge in [0.25, 0.3) is 0 Å². The minimum Gasteiger partial charge on any atom is -0.399 e. The standard InChI is InChI=1S/C10H9F6N/c1-5-2-3-6(4-7(5)17)8(11)9(12,13)10(14,15)16/h2-4,8H,17H2,1H3/t8-/m0/s1. The van der Waals surface area contributed by atoms with E-state index in [9.17, 15) is 26.3 Å². The van der Waals surface area contributed by atoms with Crippen LogP contribution >= 0.6 is 0 Å². The Balaban J connectivity index is 3.12. The highest BCUT2D eigenvalue weighted by atomic mass is 19.4. The number of rotatable bonds is 2. The molecule has 0 saturated carbocycles. The second-order valence-electron chi connectivity index (χ2n) is 3.60. The van der Waals surface area contributed by atoms with Crippen molar-refractivity contribution >= 4 is 5.69 Å². The predicted molar refractivity (Wildman–Crippen MR) is 50.4 cm³/mol. The Morgan fingerprint density at radius 1 is 1.12 bits per heavy atom. The van der Waals surface area contributed by atoms with Crippen LogP contribution in [-0.2, 0) is 0 Å². The first-order valence-electron chi connectivity index (χ1n) is 4.52. The summed E-state index contributed by atoms with van der Waals surface area (Å²) in [5.74, 6) is -5.44. The van der Waals surface area contributed by atoms with Gasteiger partial charge in [0.2, 0.25) is 0 Å². The molecule has 0 aliphatic rings. The van der Waals surface area contributed by atoms with Gasteiger partial charge in [-0.05, 0) is 24.1 Å². The van der Waals surface area contributed by atoms with E-state index in [-0.39, 0.29) is 5.69 Å². The zero-order valence-corrected chi connectivity index (χ0v) is 8.65. The van der Waals surface area contributed by atoms with Gasteiger partial charge in [-0.15, -0.1) is 0 Å². The number of anilines is 1. The third kappa shape index (κ3) is 2.48. The highest BCUT2D eigenvalue weighted by molar-refractivity contribution is 5.49. The van der Waals surface area contributed by atoms with E-state index in [4.69, 9.17) is 5.73 Å². The molecule has 2 N–H and O–H groups in total. The highest BCUT2D eigenvalue weighted by Gasteiger charge is 2.63. The third-order valence-electron chi connectivity index (χ3n) is 2.29. The van der Waals surface area contributed by atoms with Crippen LogP contribution in [0.25, 0.3) is 0 Å². The van der Waals surface area contributed by atoms with Crippen LogP contribution in [0.3, 0.4) is 0 Å². The van der Waals surface area contributed by atoms with E-state index in [1.54, 1.807) is 0 Å². The Labute approximate surface area is 93.2 Å². The summed E-state index contributed by atoms with van der Waals surface area (Å²) in [5, 5.41) is 0. The molecule has 1 aromatic carbocycles. The van der Waals surface area contributed by atoms with Crippen LogP contribution < -0.4 is 5.73 Å². The fourth-order valence-corrected chi connectivity index (χ4v) is 1.17. The van der Waals surface area contributed by atoms with Crippen molar-refractivity contribution in [1.82, 2.24) is 0 Å². The molecule has 0 saturated heterocycles. The van der Waals surface area contributed by atoms with Crippen molar-refractivity contribution in [2.45, 2.75) is 25.2 Å².